The van der Waals surface area contributed by atoms with E-state index in [9.17, 15) is 4.79 Å². The van der Waals surface area contributed by atoms with E-state index in [0.717, 1.165) is 25.9 Å². The zero-order valence-corrected chi connectivity index (χ0v) is 14.6. The maximum absolute atomic E-state index is 11.9. The normalized spacial score (nSPS) is 16.8. The second kappa shape index (κ2) is 8.60. The average Bonchev–Trinajstić information content (AvgIpc) is 2.27. The number of hydrogen-bond acceptors (Lipinski definition) is 2. The first-order chi connectivity index (χ1) is 8.38. The first-order valence-corrected chi connectivity index (χ1v) is 6.74. The highest BCUT2D eigenvalue weighted by Gasteiger charge is 2.15. The summed E-state index contributed by atoms with van der Waals surface area (Å²) >= 11 is 0. The van der Waals surface area contributed by atoms with Crippen molar-refractivity contribution in [3.05, 3.63) is 0 Å². The van der Waals surface area contributed by atoms with Crippen LogP contribution >= 0.6 is 24.0 Å². The van der Waals surface area contributed by atoms with E-state index in [1.807, 2.05) is 25.7 Å². The third kappa shape index (κ3) is 8.28. The third-order valence-electron chi connectivity index (χ3n) is 2.82. The van der Waals surface area contributed by atoms with Gasteiger partial charge in [-0.05, 0) is 40.0 Å². The van der Waals surface area contributed by atoms with Gasteiger partial charge in [-0.2, -0.15) is 0 Å². The van der Waals surface area contributed by atoms with Crippen molar-refractivity contribution in [1.29, 1.82) is 0 Å². The first-order valence-electron chi connectivity index (χ1n) is 6.74. The molecule has 1 fully saturated rings. The number of likely N-dealkylation sites (tertiary alicyclic amines) is 1. The number of guanidine groups is 1. The summed E-state index contributed by atoms with van der Waals surface area (Å²) in [6.45, 7) is 8.33. The molecule has 19 heavy (non-hydrogen) atoms. The quantitative estimate of drug-likeness (QED) is 0.444. The average molecular weight is 382 g/mol. The van der Waals surface area contributed by atoms with Crippen molar-refractivity contribution < 1.29 is 4.79 Å². The molecule has 1 saturated heterocycles. The molecular formula is C13H27IN4O. The van der Waals surface area contributed by atoms with Crippen LogP contribution in [0.4, 0.5) is 0 Å². The summed E-state index contributed by atoms with van der Waals surface area (Å²) in [4.78, 5) is 18.0. The molecule has 5 nitrogen and oxygen atoms in total. The Labute approximate surface area is 133 Å². The van der Waals surface area contributed by atoms with E-state index in [2.05, 4.69) is 10.3 Å². The molecule has 0 aromatic heterocycles. The van der Waals surface area contributed by atoms with Crippen molar-refractivity contribution in [1.82, 2.24) is 10.2 Å². The number of aliphatic imine (C=N–C) groups is 1. The number of hydrogen-bond donors (Lipinski definition) is 2. The van der Waals surface area contributed by atoms with Crippen LogP contribution in [0.25, 0.3) is 0 Å². The number of nitrogens with one attached hydrogen (secondary N) is 1. The molecule has 1 aliphatic heterocycles. The maximum Gasteiger partial charge on any atom is 0.224 e. The van der Waals surface area contributed by atoms with Crippen LogP contribution in [0.3, 0.4) is 0 Å². The largest absolute Gasteiger partial charge is 0.370 e. The second-order valence-corrected chi connectivity index (χ2v) is 5.83. The standard InChI is InChI=1S/C13H26N4O.HI/c1-13(2,3)16-12(14)15-8-7-11(18)17-9-5-4-6-10-17;/h4-10H2,1-3H3,(H3,14,15,16);1H. The van der Waals surface area contributed by atoms with Crippen LogP contribution in [-0.2, 0) is 4.79 Å². The molecule has 0 atom stereocenters. The van der Waals surface area contributed by atoms with Crippen LogP contribution in [-0.4, -0.2) is 41.9 Å². The fraction of sp³-hybridized carbons (Fsp3) is 0.846. The fourth-order valence-electron chi connectivity index (χ4n) is 2.00. The van der Waals surface area contributed by atoms with Gasteiger partial charge in [0, 0.05) is 25.0 Å². The monoisotopic (exact) mass is 382 g/mol. The van der Waals surface area contributed by atoms with Crippen molar-refractivity contribution in [2.75, 3.05) is 19.6 Å². The highest BCUT2D eigenvalue weighted by molar-refractivity contribution is 14.0. The predicted octanol–water partition coefficient (Wildman–Crippen LogP) is 1.71. The van der Waals surface area contributed by atoms with E-state index >= 15 is 0 Å². The minimum atomic E-state index is -0.0928. The Morgan fingerprint density at radius 3 is 2.37 bits per heavy atom. The molecule has 1 amide bonds. The Morgan fingerprint density at radius 1 is 1.26 bits per heavy atom. The SMILES string of the molecule is CC(C)(C)NC(N)=NCCC(=O)N1CCCCC1.I. The topological polar surface area (TPSA) is 70.7 Å². The van der Waals surface area contributed by atoms with Crippen molar-refractivity contribution >= 4 is 35.8 Å². The highest BCUT2D eigenvalue weighted by Crippen LogP contribution is 2.09. The molecule has 0 aromatic rings. The van der Waals surface area contributed by atoms with Gasteiger partial charge >= 0.3 is 0 Å². The van der Waals surface area contributed by atoms with Gasteiger partial charge in [-0.1, -0.05) is 0 Å². The molecule has 0 unspecified atom stereocenters. The number of piperidine rings is 1. The maximum atomic E-state index is 11.9. The Kier molecular flexibility index (Phi) is 8.36. The Morgan fingerprint density at radius 2 is 1.84 bits per heavy atom. The molecule has 0 aromatic carbocycles. The second-order valence-electron chi connectivity index (χ2n) is 5.83. The molecular weight excluding hydrogens is 355 g/mol. The van der Waals surface area contributed by atoms with Crippen molar-refractivity contribution in [3.63, 3.8) is 0 Å². The summed E-state index contributed by atoms with van der Waals surface area (Å²) in [7, 11) is 0. The third-order valence-corrected chi connectivity index (χ3v) is 2.82. The van der Waals surface area contributed by atoms with Gasteiger partial charge in [-0.25, -0.2) is 0 Å². The van der Waals surface area contributed by atoms with Gasteiger partial charge in [-0.3, -0.25) is 9.79 Å². The van der Waals surface area contributed by atoms with Gasteiger partial charge in [0.2, 0.25) is 5.91 Å². The first kappa shape index (κ1) is 18.5. The number of halogens is 1. The van der Waals surface area contributed by atoms with Crippen molar-refractivity contribution in [2.24, 2.45) is 10.7 Å². The summed E-state index contributed by atoms with van der Waals surface area (Å²) < 4.78 is 0. The minimum Gasteiger partial charge on any atom is -0.370 e. The Bertz CT molecular complexity index is 306. The molecule has 0 spiro atoms. The number of rotatable bonds is 3. The van der Waals surface area contributed by atoms with Gasteiger partial charge in [0.05, 0.1) is 6.54 Å². The summed E-state index contributed by atoms with van der Waals surface area (Å²) in [5.74, 6) is 0.607. The molecule has 1 rings (SSSR count). The van der Waals surface area contributed by atoms with Crippen LogP contribution < -0.4 is 11.1 Å². The van der Waals surface area contributed by atoms with Crippen LogP contribution in [0.2, 0.25) is 0 Å². The van der Waals surface area contributed by atoms with Crippen LogP contribution in [0, 0.1) is 0 Å². The number of carbonyl (C=O) groups excluding carboxylic acids is 1. The predicted molar refractivity (Wildman–Crippen MR) is 89.8 cm³/mol. The molecule has 1 heterocycles. The van der Waals surface area contributed by atoms with Crippen molar-refractivity contribution in [3.8, 4) is 0 Å². The van der Waals surface area contributed by atoms with E-state index < -0.39 is 0 Å². The van der Waals surface area contributed by atoms with Gasteiger partial charge in [0.1, 0.15) is 0 Å². The molecule has 112 valence electrons. The molecule has 0 radical (unpaired) electrons. The molecule has 1 aliphatic rings. The van der Waals surface area contributed by atoms with Gasteiger partial charge in [0.25, 0.3) is 0 Å². The lowest BCUT2D eigenvalue weighted by Crippen LogP contribution is -2.45. The van der Waals surface area contributed by atoms with Crippen LogP contribution in [0.15, 0.2) is 4.99 Å². The fourth-order valence-corrected chi connectivity index (χ4v) is 2.00. The zero-order valence-electron chi connectivity index (χ0n) is 12.2. The Balaban J connectivity index is 0.00000324. The van der Waals surface area contributed by atoms with E-state index in [1.165, 1.54) is 6.42 Å². The van der Waals surface area contributed by atoms with Gasteiger partial charge in [0.15, 0.2) is 5.96 Å². The van der Waals surface area contributed by atoms with E-state index in [4.69, 9.17) is 5.73 Å². The summed E-state index contributed by atoms with van der Waals surface area (Å²) in [5, 5.41) is 3.08. The van der Waals surface area contributed by atoms with E-state index in [-0.39, 0.29) is 35.4 Å². The number of amides is 1. The van der Waals surface area contributed by atoms with E-state index in [1.54, 1.807) is 0 Å². The molecule has 6 heteroatoms. The number of nitrogens with two attached hydrogens (primary N) is 1. The summed E-state index contributed by atoms with van der Waals surface area (Å²) in [6.07, 6.45) is 3.95. The van der Waals surface area contributed by atoms with Crippen LogP contribution in [0.1, 0.15) is 46.5 Å². The molecule has 3 N–H and O–H groups in total. The Hall–Kier alpha value is -0.530. The molecule has 0 bridgehead atoms. The van der Waals surface area contributed by atoms with E-state index in [0.29, 0.717) is 18.9 Å². The highest BCUT2D eigenvalue weighted by atomic mass is 127. The van der Waals surface area contributed by atoms with Gasteiger partial charge < -0.3 is 16.0 Å². The number of nitrogens with zero attached hydrogens (tertiary/aromatic N) is 2. The zero-order chi connectivity index (χ0) is 13.6. The molecule has 0 saturated carbocycles. The summed E-state index contributed by atoms with van der Waals surface area (Å²) in [5.41, 5.74) is 5.65. The molecule has 0 aliphatic carbocycles. The summed E-state index contributed by atoms with van der Waals surface area (Å²) in [6, 6.07) is 0. The van der Waals surface area contributed by atoms with Crippen LogP contribution in [0.5, 0.6) is 0 Å². The lowest BCUT2D eigenvalue weighted by molar-refractivity contribution is -0.131. The van der Waals surface area contributed by atoms with Gasteiger partial charge in [-0.15, -0.1) is 24.0 Å². The number of carbonyl (C=O) groups is 1. The van der Waals surface area contributed by atoms with Crippen molar-refractivity contribution in [2.45, 2.75) is 52.0 Å². The minimum absolute atomic E-state index is 0. The lowest BCUT2D eigenvalue weighted by atomic mass is 10.1. The smallest absolute Gasteiger partial charge is 0.224 e. The lowest BCUT2D eigenvalue weighted by Gasteiger charge is -2.26.